The third-order valence-corrected chi connectivity index (χ3v) is 6.00. The van der Waals surface area contributed by atoms with E-state index in [-0.39, 0.29) is 23.9 Å². The Hall–Kier alpha value is -2.87. The zero-order chi connectivity index (χ0) is 23.1. The van der Waals surface area contributed by atoms with E-state index in [1.54, 1.807) is 54.6 Å². The van der Waals surface area contributed by atoms with Gasteiger partial charge in [0.05, 0.1) is 11.4 Å². The van der Waals surface area contributed by atoms with Crippen molar-refractivity contribution in [3.05, 3.63) is 85.5 Å². The first kappa shape index (κ1) is 23.8. The van der Waals surface area contributed by atoms with Gasteiger partial charge in [-0.05, 0) is 36.4 Å². The van der Waals surface area contributed by atoms with Gasteiger partial charge in [0.15, 0.2) is 6.61 Å². The van der Waals surface area contributed by atoms with Crippen LogP contribution in [-0.4, -0.2) is 24.3 Å². The van der Waals surface area contributed by atoms with Crippen LogP contribution in [0.15, 0.2) is 54.6 Å². The van der Waals surface area contributed by atoms with Gasteiger partial charge in [0.2, 0.25) is 11.7 Å². The molecule has 0 saturated carbocycles. The van der Waals surface area contributed by atoms with Crippen molar-refractivity contribution in [2.75, 3.05) is 6.61 Å². The number of hydrogen-bond donors (Lipinski definition) is 1. The molecule has 2 aromatic carbocycles. The van der Waals surface area contributed by atoms with Crippen molar-refractivity contribution in [1.29, 1.82) is 0 Å². The van der Waals surface area contributed by atoms with E-state index in [0.717, 1.165) is 4.88 Å². The van der Waals surface area contributed by atoms with E-state index in [1.807, 2.05) is 0 Å². The first-order valence-corrected chi connectivity index (χ1v) is 11.1. The number of rotatable bonds is 9. The van der Waals surface area contributed by atoms with Gasteiger partial charge in [-0.2, -0.15) is 0 Å². The minimum absolute atomic E-state index is 0.130. The smallest absolute Gasteiger partial charge is 0.342 e. The molecule has 0 fully saturated rings. The summed E-state index contributed by atoms with van der Waals surface area (Å²) in [7, 11) is 0. The molecule has 0 saturated heterocycles. The Morgan fingerprint density at radius 2 is 1.81 bits per heavy atom. The van der Waals surface area contributed by atoms with Crippen LogP contribution in [0.2, 0.25) is 10.0 Å². The Kier molecular flexibility index (Phi) is 8.27. The van der Waals surface area contributed by atoms with Crippen LogP contribution in [0.25, 0.3) is 0 Å². The normalized spacial score (nSPS) is 10.5. The summed E-state index contributed by atoms with van der Waals surface area (Å²) in [6.45, 7) is 1.49. The number of amides is 1. The molecule has 0 aliphatic carbocycles. The first-order chi connectivity index (χ1) is 15.3. The fourth-order valence-corrected chi connectivity index (χ4v) is 4.00. The Morgan fingerprint density at radius 3 is 2.56 bits per heavy atom. The molecule has 6 nitrogen and oxygen atoms in total. The summed E-state index contributed by atoms with van der Waals surface area (Å²) < 4.78 is 11.0. The number of esters is 1. The summed E-state index contributed by atoms with van der Waals surface area (Å²) >= 11 is 13.3. The maximum absolute atomic E-state index is 12.6. The predicted octanol–water partition coefficient (Wildman–Crippen LogP) is 5.31. The lowest BCUT2D eigenvalue weighted by Gasteiger charge is -2.12. The van der Waals surface area contributed by atoms with Crippen molar-refractivity contribution in [3.63, 3.8) is 0 Å². The quantitative estimate of drug-likeness (QED) is 0.324. The second kappa shape index (κ2) is 11.1. The predicted molar refractivity (Wildman–Crippen MR) is 124 cm³/mol. The number of para-hydroxylation sites is 1. The summed E-state index contributed by atoms with van der Waals surface area (Å²) in [4.78, 5) is 37.2. The van der Waals surface area contributed by atoms with Crippen LogP contribution < -0.4 is 10.1 Å². The summed E-state index contributed by atoms with van der Waals surface area (Å²) in [5.74, 6) is -0.848. The number of nitrogens with one attached hydrogen (secondary N) is 1. The van der Waals surface area contributed by atoms with Crippen LogP contribution in [0.3, 0.4) is 0 Å². The van der Waals surface area contributed by atoms with Crippen molar-refractivity contribution in [2.24, 2.45) is 0 Å². The largest absolute Gasteiger partial charge is 0.488 e. The fourth-order valence-electron chi connectivity index (χ4n) is 2.67. The van der Waals surface area contributed by atoms with Crippen LogP contribution in [0.5, 0.6) is 5.75 Å². The van der Waals surface area contributed by atoms with E-state index in [2.05, 4.69) is 5.32 Å². The van der Waals surface area contributed by atoms with Gasteiger partial charge in [0.25, 0.3) is 0 Å². The molecule has 1 amide bonds. The molecule has 9 heteroatoms. The van der Waals surface area contributed by atoms with Crippen molar-refractivity contribution in [1.82, 2.24) is 5.32 Å². The lowest BCUT2D eigenvalue weighted by atomic mass is 10.2. The highest BCUT2D eigenvalue weighted by atomic mass is 35.5. The van der Waals surface area contributed by atoms with Gasteiger partial charge in [0, 0.05) is 27.4 Å². The number of halogens is 2. The maximum Gasteiger partial charge on any atom is 0.342 e. The number of hydrogen-bond acceptors (Lipinski definition) is 6. The van der Waals surface area contributed by atoms with Gasteiger partial charge in [-0.1, -0.05) is 41.4 Å². The number of benzene rings is 2. The molecule has 0 spiro atoms. The Bertz CT molecular complexity index is 1140. The molecule has 1 heterocycles. The molecule has 3 rings (SSSR count). The van der Waals surface area contributed by atoms with Crippen LogP contribution in [0, 0.1) is 0 Å². The number of carbonyl (C=O) groups excluding carboxylic acids is 3. The van der Waals surface area contributed by atoms with Crippen LogP contribution in [-0.2, 0) is 22.7 Å². The summed E-state index contributed by atoms with van der Waals surface area (Å²) in [5.41, 5.74) is 0.907. The van der Waals surface area contributed by atoms with Crippen LogP contribution >= 0.6 is 34.5 Å². The second-order valence-electron chi connectivity index (χ2n) is 6.70. The molecule has 0 bridgehead atoms. The minimum Gasteiger partial charge on any atom is -0.488 e. The Balaban J connectivity index is 1.59. The van der Waals surface area contributed by atoms with Crippen molar-refractivity contribution in [3.8, 4) is 5.75 Å². The highest BCUT2D eigenvalue weighted by molar-refractivity contribution is 7.14. The molecule has 0 atom stereocenters. The van der Waals surface area contributed by atoms with Crippen molar-refractivity contribution < 1.29 is 23.9 Å². The molecular weight excluding hydrogens is 473 g/mol. The molecule has 1 aromatic heterocycles. The van der Waals surface area contributed by atoms with Gasteiger partial charge in [0.1, 0.15) is 17.9 Å². The van der Waals surface area contributed by atoms with E-state index in [9.17, 15) is 14.4 Å². The molecule has 3 aromatic rings. The third-order valence-electron chi connectivity index (χ3n) is 4.29. The van der Waals surface area contributed by atoms with Crippen molar-refractivity contribution >= 4 is 52.2 Å². The number of thiophene rings is 1. The topological polar surface area (TPSA) is 81.7 Å². The third kappa shape index (κ3) is 6.56. The number of ketones is 1. The summed E-state index contributed by atoms with van der Waals surface area (Å²) in [6, 6.07) is 15.0. The lowest BCUT2D eigenvalue weighted by molar-refractivity contribution is -0.119. The number of ether oxygens (including phenoxy) is 2. The van der Waals surface area contributed by atoms with Gasteiger partial charge in [-0.15, -0.1) is 11.3 Å². The molecule has 0 unspecified atom stereocenters. The average molecular weight is 492 g/mol. The Labute approximate surface area is 199 Å². The van der Waals surface area contributed by atoms with Gasteiger partial charge in [-0.3, -0.25) is 9.59 Å². The minimum atomic E-state index is -0.675. The lowest BCUT2D eigenvalue weighted by Crippen LogP contribution is -2.18. The van der Waals surface area contributed by atoms with E-state index < -0.39 is 12.6 Å². The molecule has 1 N–H and O–H groups in total. The van der Waals surface area contributed by atoms with Crippen molar-refractivity contribution in [2.45, 2.75) is 20.1 Å². The van der Waals surface area contributed by atoms with E-state index in [0.29, 0.717) is 32.8 Å². The van der Waals surface area contributed by atoms with Gasteiger partial charge >= 0.3 is 5.97 Å². The summed E-state index contributed by atoms with van der Waals surface area (Å²) in [6.07, 6.45) is 0. The van der Waals surface area contributed by atoms with Crippen LogP contribution in [0.4, 0.5) is 0 Å². The molecule has 166 valence electrons. The molecule has 0 aliphatic heterocycles. The zero-order valence-electron chi connectivity index (χ0n) is 17.0. The van der Waals surface area contributed by atoms with Gasteiger partial charge < -0.3 is 14.8 Å². The standard InChI is InChI=1S/C23H19Cl2NO5S/c1-14(27)26-11-17-8-9-22(32-17)20(28)13-31-23(29)18-4-2-3-5-21(18)30-12-15-6-7-16(24)10-19(15)25/h2-10H,11-13H2,1H3,(H,26,27). The van der Waals surface area contributed by atoms with E-state index in [4.69, 9.17) is 32.7 Å². The summed E-state index contributed by atoms with van der Waals surface area (Å²) in [5, 5.41) is 3.64. The fraction of sp³-hybridized carbons (Fsp3) is 0.174. The maximum atomic E-state index is 12.6. The second-order valence-corrected chi connectivity index (χ2v) is 8.71. The van der Waals surface area contributed by atoms with Gasteiger partial charge in [-0.25, -0.2) is 4.79 Å². The Morgan fingerprint density at radius 1 is 1.03 bits per heavy atom. The SMILES string of the molecule is CC(=O)NCc1ccc(C(=O)COC(=O)c2ccccc2OCc2ccc(Cl)cc2Cl)s1. The monoisotopic (exact) mass is 491 g/mol. The average Bonchev–Trinajstić information content (AvgIpc) is 3.25. The molecular formula is C23H19Cl2NO5S. The number of Topliss-reactive ketones (excluding diaryl/α,β-unsaturated/α-hetero) is 1. The zero-order valence-corrected chi connectivity index (χ0v) is 19.4. The molecule has 32 heavy (non-hydrogen) atoms. The van der Waals surface area contributed by atoms with E-state index >= 15 is 0 Å². The molecule has 0 aliphatic rings. The first-order valence-electron chi connectivity index (χ1n) is 9.52. The molecule has 0 radical (unpaired) electrons. The number of carbonyl (C=O) groups is 3. The van der Waals surface area contributed by atoms with Crippen LogP contribution in [0.1, 0.15) is 37.4 Å². The van der Waals surface area contributed by atoms with E-state index in [1.165, 1.54) is 18.3 Å². The highest BCUT2D eigenvalue weighted by Gasteiger charge is 2.17. The highest BCUT2D eigenvalue weighted by Crippen LogP contribution is 2.25.